The topological polar surface area (TPSA) is 58.8 Å². The van der Waals surface area contributed by atoms with Crippen molar-refractivity contribution in [3.05, 3.63) is 100.0 Å². The maximum atomic E-state index is 13.2. The van der Waals surface area contributed by atoms with Crippen LogP contribution in [0.1, 0.15) is 16.7 Å². The molecule has 4 rings (SSSR count). The van der Waals surface area contributed by atoms with Crippen LogP contribution >= 0.6 is 0 Å². The number of aliphatic imine (C=N–C) groups is 1. The zero-order chi connectivity index (χ0) is 19.5. The third-order valence-corrected chi connectivity index (χ3v) is 4.50. The Labute approximate surface area is 163 Å². The number of nitrogens with one attached hydrogen (secondary N) is 1. The van der Waals surface area contributed by atoms with Gasteiger partial charge in [-0.25, -0.2) is 4.98 Å². The number of hydrogen-bond donors (Lipinski definition) is 1. The first-order chi connectivity index (χ1) is 13.6. The normalized spacial score (nSPS) is 11.2. The lowest BCUT2D eigenvalue weighted by Crippen LogP contribution is -2.22. The molecule has 4 aromatic rings. The van der Waals surface area contributed by atoms with Crippen molar-refractivity contribution >= 4 is 29.1 Å². The molecule has 138 valence electrons. The molecule has 28 heavy (non-hydrogen) atoms. The number of anilines is 2. The molecule has 2 heterocycles. The molecule has 0 radical (unpaired) electrons. The summed E-state index contributed by atoms with van der Waals surface area (Å²) in [5, 5.41) is 3.26. The molecule has 2 aromatic carbocycles. The lowest BCUT2D eigenvalue weighted by molar-refractivity contribution is 1.03. The fraction of sp³-hybridized carbons (Fsp3) is 0.0870. The second-order valence-electron chi connectivity index (χ2n) is 6.65. The van der Waals surface area contributed by atoms with Gasteiger partial charge in [-0.15, -0.1) is 0 Å². The van der Waals surface area contributed by atoms with Gasteiger partial charge in [-0.3, -0.25) is 14.2 Å². The molecular weight excluding hydrogens is 348 g/mol. The summed E-state index contributed by atoms with van der Waals surface area (Å²) in [5.74, 6) is 0.487. The van der Waals surface area contributed by atoms with Crippen molar-refractivity contribution in [2.24, 2.45) is 4.99 Å². The molecule has 0 amide bonds. The quantitative estimate of drug-likeness (QED) is 0.526. The Hall–Kier alpha value is -3.73. The number of hydrogen-bond acceptors (Lipinski definition) is 4. The first-order valence-electron chi connectivity index (χ1n) is 9.06. The molecule has 5 heteroatoms. The van der Waals surface area contributed by atoms with Crippen molar-refractivity contribution in [1.29, 1.82) is 0 Å². The Bertz CT molecular complexity index is 1210. The van der Waals surface area contributed by atoms with E-state index in [9.17, 15) is 4.79 Å². The highest BCUT2D eigenvalue weighted by molar-refractivity contribution is 5.89. The van der Waals surface area contributed by atoms with E-state index in [4.69, 9.17) is 4.98 Å². The maximum Gasteiger partial charge on any atom is 0.268 e. The molecule has 0 aliphatic heterocycles. The van der Waals surface area contributed by atoms with Gasteiger partial charge in [0.05, 0.1) is 5.69 Å². The van der Waals surface area contributed by atoms with E-state index in [1.807, 2.05) is 80.6 Å². The van der Waals surface area contributed by atoms with Crippen LogP contribution in [0.5, 0.6) is 0 Å². The van der Waals surface area contributed by atoms with E-state index in [0.717, 1.165) is 22.5 Å². The number of benzene rings is 2. The van der Waals surface area contributed by atoms with Crippen molar-refractivity contribution in [3.8, 4) is 0 Å². The van der Waals surface area contributed by atoms with E-state index < -0.39 is 0 Å². The first-order valence-corrected chi connectivity index (χ1v) is 9.06. The summed E-state index contributed by atoms with van der Waals surface area (Å²) in [4.78, 5) is 22.4. The molecule has 0 unspecified atom stereocenters. The second-order valence-corrected chi connectivity index (χ2v) is 6.65. The van der Waals surface area contributed by atoms with Crippen LogP contribution in [-0.4, -0.2) is 15.6 Å². The number of para-hydroxylation sites is 1. The van der Waals surface area contributed by atoms with E-state index >= 15 is 0 Å². The molecule has 0 fully saturated rings. The highest BCUT2D eigenvalue weighted by atomic mass is 16.1. The minimum Gasteiger partial charge on any atom is -0.339 e. The maximum absolute atomic E-state index is 13.2. The first kappa shape index (κ1) is 17.7. The van der Waals surface area contributed by atoms with Crippen molar-refractivity contribution in [3.63, 3.8) is 0 Å². The van der Waals surface area contributed by atoms with Gasteiger partial charge < -0.3 is 5.32 Å². The molecule has 0 atom stereocenters. The summed E-state index contributed by atoms with van der Waals surface area (Å²) in [7, 11) is 0. The van der Waals surface area contributed by atoms with Crippen LogP contribution in [0.4, 0.5) is 17.2 Å². The van der Waals surface area contributed by atoms with Gasteiger partial charge in [-0.05, 0) is 49.7 Å². The summed E-state index contributed by atoms with van der Waals surface area (Å²) in [5.41, 5.74) is 4.60. The Balaban J connectivity index is 1.86. The van der Waals surface area contributed by atoms with Crippen LogP contribution in [-0.2, 0) is 0 Å². The van der Waals surface area contributed by atoms with Crippen molar-refractivity contribution in [2.75, 3.05) is 5.32 Å². The predicted molar refractivity (Wildman–Crippen MR) is 114 cm³/mol. The summed E-state index contributed by atoms with van der Waals surface area (Å²) in [6, 6.07) is 21.3. The number of fused-ring (bicyclic) bond motifs is 1. The van der Waals surface area contributed by atoms with Crippen LogP contribution < -0.4 is 10.9 Å². The van der Waals surface area contributed by atoms with Gasteiger partial charge in [-0.1, -0.05) is 42.0 Å². The average molecular weight is 368 g/mol. The number of pyridine rings is 1. The average Bonchev–Trinajstić information content (AvgIpc) is 2.71. The summed E-state index contributed by atoms with van der Waals surface area (Å²) >= 11 is 0. The molecule has 0 saturated carbocycles. The molecule has 0 aliphatic carbocycles. The smallest absolute Gasteiger partial charge is 0.268 e. The molecule has 0 bridgehead atoms. The van der Waals surface area contributed by atoms with Gasteiger partial charge in [-0.2, -0.15) is 0 Å². The molecule has 0 saturated heterocycles. The lowest BCUT2D eigenvalue weighted by atomic mass is 10.2. The van der Waals surface area contributed by atoms with E-state index in [0.29, 0.717) is 17.0 Å². The second kappa shape index (κ2) is 7.48. The monoisotopic (exact) mass is 368 g/mol. The molecule has 0 spiro atoms. The van der Waals surface area contributed by atoms with E-state index in [-0.39, 0.29) is 5.56 Å². The molecule has 1 N–H and O–H groups in total. The zero-order valence-electron chi connectivity index (χ0n) is 15.8. The van der Waals surface area contributed by atoms with E-state index in [2.05, 4.69) is 10.3 Å². The Kier molecular flexibility index (Phi) is 4.72. The third-order valence-electron chi connectivity index (χ3n) is 4.50. The Morgan fingerprint density at radius 1 is 0.964 bits per heavy atom. The summed E-state index contributed by atoms with van der Waals surface area (Å²) in [6.45, 7) is 3.96. The van der Waals surface area contributed by atoms with Crippen molar-refractivity contribution in [2.45, 2.75) is 13.8 Å². The fourth-order valence-corrected chi connectivity index (χ4v) is 2.95. The number of rotatable bonds is 4. The van der Waals surface area contributed by atoms with Crippen molar-refractivity contribution in [1.82, 2.24) is 9.38 Å². The molecule has 2 aromatic heterocycles. The van der Waals surface area contributed by atoms with Gasteiger partial charge >= 0.3 is 0 Å². The third kappa shape index (κ3) is 3.55. The number of aryl methyl sites for hydroxylation is 2. The van der Waals surface area contributed by atoms with Gasteiger partial charge in [0.15, 0.2) is 0 Å². The lowest BCUT2D eigenvalue weighted by Gasteiger charge is -2.11. The molecule has 5 nitrogen and oxygen atoms in total. The highest BCUT2D eigenvalue weighted by Gasteiger charge is 2.13. The van der Waals surface area contributed by atoms with Crippen LogP contribution in [0.25, 0.3) is 5.65 Å². The van der Waals surface area contributed by atoms with Gasteiger partial charge in [0, 0.05) is 18.1 Å². The number of aromatic nitrogens is 2. The molecular formula is C23H20N4O. The Morgan fingerprint density at radius 3 is 2.46 bits per heavy atom. The van der Waals surface area contributed by atoms with E-state index in [1.54, 1.807) is 16.8 Å². The van der Waals surface area contributed by atoms with Crippen LogP contribution in [0, 0.1) is 13.8 Å². The molecule has 0 aliphatic rings. The number of nitrogens with zero attached hydrogens (tertiary/aromatic N) is 3. The largest absolute Gasteiger partial charge is 0.339 e. The van der Waals surface area contributed by atoms with Gasteiger partial charge in [0.25, 0.3) is 5.56 Å². The van der Waals surface area contributed by atoms with Crippen LogP contribution in [0.15, 0.2) is 82.7 Å². The predicted octanol–water partition coefficient (Wildman–Crippen LogP) is 4.81. The fourth-order valence-electron chi connectivity index (χ4n) is 2.95. The summed E-state index contributed by atoms with van der Waals surface area (Å²) in [6.07, 6.45) is 3.31. The van der Waals surface area contributed by atoms with E-state index in [1.165, 1.54) is 0 Å². The van der Waals surface area contributed by atoms with Gasteiger partial charge in [0.2, 0.25) is 0 Å². The standard InChI is InChI=1S/C23H20N4O/c1-16-10-12-18(13-11-16)24-15-20-21(25-19-8-4-3-5-9-19)26-22-17(2)7-6-14-27(22)23(20)28/h3-15,25H,1-2H3. The van der Waals surface area contributed by atoms with Crippen LogP contribution in [0.2, 0.25) is 0 Å². The van der Waals surface area contributed by atoms with Gasteiger partial charge in [0.1, 0.15) is 17.0 Å². The minimum atomic E-state index is -0.164. The van der Waals surface area contributed by atoms with Crippen LogP contribution in [0.3, 0.4) is 0 Å². The van der Waals surface area contributed by atoms with Crippen molar-refractivity contribution < 1.29 is 0 Å². The highest BCUT2D eigenvalue weighted by Crippen LogP contribution is 2.19. The SMILES string of the molecule is Cc1ccc(N=Cc2c(Nc3ccccc3)nc3c(C)cccn3c2=O)cc1. The zero-order valence-corrected chi connectivity index (χ0v) is 15.8. The Morgan fingerprint density at radius 2 is 1.71 bits per heavy atom. The minimum absolute atomic E-state index is 0.164. The summed E-state index contributed by atoms with van der Waals surface area (Å²) < 4.78 is 1.56.